The summed E-state index contributed by atoms with van der Waals surface area (Å²) in [5.41, 5.74) is -1.64. The van der Waals surface area contributed by atoms with Crippen molar-refractivity contribution in [3.63, 3.8) is 0 Å². The van der Waals surface area contributed by atoms with Gasteiger partial charge in [0.25, 0.3) is 0 Å². The molecule has 1 atom stereocenters. The summed E-state index contributed by atoms with van der Waals surface area (Å²) in [7, 11) is 0. The molecular formula is C20H20F3N5O2. The highest BCUT2D eigenvalue weighted by Crippen LogP contribution is 2.38. The molecule has 3 aromatic rings. The summed E-state index contributed by atoms with van der Waals surface area (Å²) in [5, 5.41) is 13.3. The normalized spacial score (nSPS) is 16.8. The number of hydrogen-bond acceptors (Lipinski definition) is 5. The molecule has 7 nitrogen and oxygen atoms in total. The minimum absolute atomic E-state index is 0.0832. The monoisotopic (exact) mass is 419 g/mol. The molecule has 1 aliphatic rings. The van der Waals surface area contributed by atoms with E-state index in [0.29, 0.717) is 5.56 Å². The van der Waals surface area contributed by atoms with Crippen LogP contribution in [0.2, 0.25) is 0 Å². The van der Waals surface area contributed by atoms with Crippen LogP contribution in [0.1, 0.15) is 49.9 Å². The lowest BCUT2D eigenvalue weighted by molar-refractivity contribution is -0.141. The fourth-order valence-corrected chi connectivity index (χ4v) is 3.48. The molecular weight excluding hydrogens is 399 g/mol. The van der Waals surface area contributed by atoms with Crippen molar-refractivity contribution in [1.29, 1.82) is 0 Å². The van der Waals surface area contributed by atoms with E-state index in [0.717, 1.165) is 25.3 Å². The van der Waals surface area contributed by atoms with E-state index >= 15 is 0 Å². The Labute approximate surface area is 170 Å². The number of rotatable bonds is 5. The van der Waals surface area contributed by atoms with Gasteiger partial charge in [0.1, 0.15) is 11.2 Å². The van der Waals surface area contributed by atoms with Gasteiger partial charge in [0, 0.05) is 24.0 Å². The SMILES string of the molecule is CC(O)(CC(=O)Nc1nc2ccc(C(F)(F)F)nc2n1C1CCC1)c1cccnc1. The second kappa shape index (κ2) is 7.35. The zero-order valence-electron chi connectivity index (χ0n) is 16.1. The molecule has 1 aliphatic carbocycles. The summed E-state index contributed by atoms with van der Waals surface area (Å²) >= 11 is 0. The first-order valence-electron chi connectivity index (χ1n) is 9.54. The third-order valence-corrected chi connectivity index (χ3v) is 5.31. The summed E-state index contributed by atoms with van der Waals surface area (Å²) in [6.45, 7) is 1.50. The van der Waals surface area contributed by atoms with Gasteiger partial charge in [-0.1, -0.05) is 6.07 Å². The van der Waals surface area contributed by atoms with Crippen molar-refractivity contribution in [2.24, 2.45) is 0 Å². The molecule has 0 aliphatic heterocycles. The molecule has 3 aromatic heterocycles. The zero-order chi connectivity index (χ0) is 21.5. The van der Waals surface area contributed by atoms with Gasteiger partial charge in [0.2, 0.25) is 11.9 Å². The van der Waals surface area contributed by atoms with Gasteiger partial charge in [-0.15, -0.1) is 0 Å². The Hall–Kier alpha value is -3.01. The topological polar surface area (TPSA) is 92.9 Å². The van der Waals surface area contributed by atoms with E-state index < -0.39 is 23.4 Å². The first-order valence-corrected chi connectivity index (χ1v) is 9.54. The minimum Gasteiger partial charge on any atom is -0.385 e. The number of aliphatic hydroxyl groups is 1. The van der Waals surface area contributed by atoms with Crippen LogP contribution in [0.3, 0.4) is 0 Å². The molecule has 1 saturated carbocycles. The van der Waals surface area contributed by atoms with E-state index in [2.05, 4.69) is 20.3 Å². The summed E-state index contributed by atoms with van der Waals surface area (Å²) < 4.78 is 40.9. The standard InChI is InChI=1S/C20H20F3N5O2/c1-19(30,12-4-3-9-24-11-12)10-16(29)27-18-25-14-7-8-15(20(21,22)23)26-17(14)28(18)13-5-2-6-13/h3-4,7-9,11,13,30H,2,5-6,10H2,1H3,(H,25,27,29). The maximum Gasteiger partial charge on any atom is 0.433 e. The Morgan fingerprint density at radius 3 is 2.63 bits per heavy atom. The van der Waals surface area contributed by atoms with Crippen molar-refractivity contribution in [1.82, 2.24) is 19.5 Å². The third-order valence-electron chi connectivity index (χ3n) is 5.31. The van der Waals surface area contributed by atoms with Gasteiger partial charge in [-0.3, -0.25) is 19.7 Å². The highest BCUT2D eigenvalue weighted by molar-refractivity contribution is 5.91. The molecule has 158 valence electrons. The maximum atomic E-state index is 13.1. The number of nitrogens with one attached hydrogen (secondary N) is 1. The Kier molecular flexibility index (Phi) is 4.97. The quantitative estimate of drug-likeness (QED) is 0.656. The third kappa shape index (κ3) is 3.87. The number of aromatic nitrogens is 4. The molecule has 3 heterocycles. The molecule has 30 heavy (non-hydrogen) atoms. The number of anilines is 1. The first kappa shape index (κ1) is 20.3. The Morgan fingerprint density at radius 2 is 2.03 bits per heavy atom. The van der Waals surface area contributed by atoms with Gasteiger partial charge in [-0.25, -0.2) is 9.97 Å². The average Bonchev–Trinajstić information content (AvgIpc) is 2.97. The van der Waals surface area contributed by atoms with Gasteiger partial charge in [0.15, 0.2) is 5.65 Å². The van der Waals surface area contributed by atoms with Crippen LogP contribution in [0.5, 0.6) is 0 Å². The molecule has 0 spiro atoms. The van der Waals surface area contributed by atoms with Crippen molar-refractivity contribution in [2.45, 2.75) is 50.4 Å². The molecule has 2 N–H and O–H groups in total. The molecule has 1 fully saturated rings. The molecule has 0 aromatic carbocycles. The van der Waals surface area contributed by atoms with Crippen molar-refractivity contribution < 1.29 is 23.1 Å². The number of nitrogens with zero attached hydrogens (tertiary/aromatic N) is 4. The fraction of sp³-hybridized carbons (Fsp3) is 0.400. The largest absolute Gasteiger partial charge is 0.433 e. The number of alkyl halides is 3. The van der Waals surface area contributed by atoms with E-state index in [1.54, 1.807) is 22.9 Å². The number of halogens is 3. The van der Waals surface area contributed by atoms with Crippen molar-refractivity contribution in [2.75, 3.05) is 5.32 Å². The first-order chi connectivity index (χ1) is 14.1. The van der Waals surface area contributed by atoms with Gasteiger partial charge >= 0.3 is 6.18 Å². The Balaban J connectivity index is 1.64. The van der Waals surface area contributed by atoms with E-state index in [4.69, 9.17) is 0 Å². The van der Waals surface area contributed by atoms with Crippen LogP contribution in [0.15, 0.2) is 36.7 Å². The molecule has 1 unspecified atom stereocenters. The van der Waals surface area contributed by atoms with Gasteiger partial charge in [-0.2, -0.15) is 13.2 Å². The van der Waals surface area contributed by atoms with Crippen molar-refractivity contribution >= 4 is 23.0 Å². The molecule has 0 saturated heterocycles. The Morgan fingerprint density at radius 1 is 1.27 bits per heavy atom. The summed E-state index contributed by atoms with van der Waals surface area (Å²) in [6, 6.07) is 5.36. The fourth-order valence-electron chi connectivity index (χ4n) is 3.48. The molecule has 4 rings (SSSR count). The minimum atomic E-state index is -4.57. The maximum absolute atomic E-state index is 13.1. The molecule has 1 amide bonds. The number of carbonyl (C=O) groups is 1. The van der Waals surface area contributed by atoms with Gasteiger partial charge < -0.3 is 5.11 Å². The second-order valence-corrected chi connectivity index (χ2v) is 7.67. The number of amides is 1. The van der Waals surface area contributed by atoms with Gasteiger partial charge in [-0.05, 0) is 44.4 Å². The number of hydrogen-bond donors (Lipinski definition) is 2. The predicted molar refractivity (Wildman–Crippen MR) is 102 cm³/mol. The highest BCUT2D eigenvalue weighted by Gasteiger charge is 2.35. The van der Waals surface area contributed by atoms with Crippen LogP contribution in [0.4, 0.5) is 19.1 Å². The number of carbonyl (C=O) groups excluding carboxylic acids is 1. The van der Waals surface area contributed by atoms with Crippen LogP contribution in [-0.2, 0) is 16.6 Å². The number of imidazole rings is 1. The van der Waals surface area contributed by atoms with Crippen LogP contribution in [0.25, 0.3) is 11.2 Å². The van der Waals surface area contributed by atoms with Crippen LogP contribution in [-0.4, -0.2) is 30.5 Å². The molecule has 0 radical (unpaired) electrons. The van der Waals surface area contributed by atoms with E-state index in [-0.39, 0.29) is 29.6 Å². The second-order valence-electron chi connectivity index (χ2n) is 7.67. The highest BCUT2D eigenvalue weighted by atomic mass is 19.4. The van der Waals surface area contributed by atoms with E-state index in [9.17, 15) is 23.1 Å². The lowest BCUT2D eigenvalue weighted by atomic mass is 9.93. The van der Waals surface area contributed by atoms with Crippen LogP contribution >= 0.6 is 0 Å². The summed E-state index contributed by atoms with van der Waals surface area (Å²) in [6.07, 6.45) is 0.649. The lowest BCUT2D eigenvalue weighted by Gasteiger charge is -2.29. The lowest BCUT2D eigenvalue weighted by Crippen LogP contribution is -2.30. The smallest absolute Gasteiger partial charge is 0.385 e. The van der Waals surface area contributed by atoms with Crippen molar-refractivity contribution in [3.05, 3.63) is 47.9 Å². The summed E-state index contributed by atoms with van der Waals surface area (Å²) in [4.78, 5) is 24.6. The van der Waals surface area contributed by atoms with Crippen LogP contribution < -0.4 is 5.32 Å². The number of pyridine rings is 2. The number of fused-ring (bicyclic) bond motifs is 1. The zero-order valence-corrected chi connectivity index (χ0v) is 16.1. The molecule has 0 bridgehead atoms. The Bertz CT molecular complexity index is 1080. The van der Waals surface area contributed by atoms with Crippen LogP contribution in [0, 0.1) is 0 Å². The summed E-state index contributed by atoms with van der Waals surface area (Å²) in [5.74, 6) is -0.385. The average molecular weight is 419 g/mol. The molecule has 10 heteroatoms. The predicted octanol–water partition coefficient (Wildman–Crippen LogP) is 3.81. The van der Waals surface area contributed by atoms with Gasteiger partial charge in [0.05, 0.1) is 12.0 Å². The van der Waals surface area contributed by atoms with E-state index in [1.807, 2.05) is 0 Å². The van der Waals surface area contributed by atoms with E-state index in [1.165, 1.54) is 19.2 Å². The van der Waals surface area contributed by atoms with Crippen molar-refractivity contribution in [3.8, 4) is 0 Å².